The van der Waals surface area contributed by atoms with E-state index >= 15 is 0 Å². The van der Waals surface area contributed by atoms with E-state index < -0.39 is 0 Å². The van der Waals surface area contributed by atoms with Crippen molar-refractivity contribution < 1.29 is 4.74 Å². The second-order valence-electron chi connectivity index (χ2n) is 4.31. The van der Waals surface area contributed by atoms with E-state index in [0.29, 0.717) is 12.0 Å². The maximum absolute atomic E-state index is 5.78. The van der Waals surface area contributed by atoms with Crippen LogP contribution in [0.3, 0.4) is 0 Å². The van der Waals surface area contributed by atoms with Crippen molar-refractivity contribution >= 4 is 0 Å². The van der Waals surface area contributed by atoms with E-state index in [2.05, 4.69) is 30.6 Å². The maximum atomic E-state index is 5.78. The van der Waals surface area contributed by atoms with Gasteiger partial charge in [-0.15, -0.1) is 0 Å². The summed E-state index contributed by atoms with van der Waals surface area (Å²) in [7, 11) is 0. The Bertz CT molecular complexity index is 332. The molecule has 0 saturated heterocycles. The monoisotopic (exact) mass is 208 g/mol. The number of nitrogens with zero attached hydrogens (tertiary/aromatic N) is 2. The fraction of sp³-hybridized carbons (Fsp3) is 0.750. The fourth-order valence-electron chi connectivity index (χ4n) is 2.44. The van der Waals surface area contributed by atoms with Gasteiger partial charge in [-0.2, -0.15) is 5.10 Å². The van der Waals surface area contributed by atoms with Crippen molar-refractivity contribution in [3.63, 3.8) is 0 Å². The van der Waals surface area contributed by atoms with E-state index in [4.69, 9.17) is 4.74 Å². The highest BCUT2D eigenvalue weighted by Gasteiger charge is 2.28. The third-order valence-electron chi connectivity index (χ3n) is 3.29. The quantitative estimate of drug-likeness (QED) is 0.760. The zero-order valence-corrected chi connectivity index (χ0v) is 9.86. The molecular formula is C12H20N2O. The van der Waals surface area contributed by atoms with E-state index in [1.54, 1.807) is 0 Å². The molecule has 15 heavy (non-hydrogen) atoms. The highest BCUT2D eigenvalue weighted by atomic mass is 16.5. The summed E-state index contributed by atoms with van der Waals surface area (Å²) >= 11 is 0. The Morgan fingerprint density at radius 2 is 2.27 bits per heavy atom. The molecule has 0 N–H and O–H groups in total. The van der Waals surface area contributed by atoms with Gasteiger partial charge >= 0.3 is 0 Å². The van der Waals surface area contributed by atoms with Crippen LogP contribution in [0.5, 0.6) is 0 Å². The lowest BCUT2D eigenvalue weighted by atomic mass is 9.86. The molecule has 0 spiro atoms. The first-order valence-electron chi connectivity index (χ1n) is 5.91. The summed E-state index contributed by atoms with van der Waals surface area (Å²) in [6.07, 6.45) is 4.54. The maximum Gasteiger partial charge on any atom is 0.0659 e. The molecule has 2 atom stereocenters. The van der Waals surface area contributed by atoms with Crippen LogP contribution >= 0.6 is 0 Å². The zero-order chi connectivity index (χ0) is 10.8. The number of aromatic nitrogens is 2. The molecule has 0 radical (unpaired) electrons. The first kappa shape index (κ1) is 10.7. The predicted molar refractivity (Wildman–Crippen MR) is 59.9 cm³/mol. The Morgan fingerprint density at radius 1 is 1.47 bits per heavy atom. The first-order chi connectivity index (χ1) is 7.26. The standard InChI is InChI=1S/C12H20N2O/c1-4-14-11-7-12(15-5-2)9(3)6-10(11)8-13-14/h8-9,12H,4-7H2,1-3H3. The van der Waals surface area contributed by atoms with Crippen molar-refractivity contribution in [2.75, 3.05) is 6.61 Å². The van der Waals surface area contributed by atoms with Crippen LogP contribution in [0, 0.1) is 5.92 Å². The van der Waals surface area contributed by atoms with Crippen LogP contribution in [-0.4, -0.2) is 22.5 Å². The number of hydrogen-bond donors (Lipinski definition) is 0. The van der Waals surface area contributed by atoms with Gasteiger partial charge < -0.3 is 4.74 Å². The normalized spacial score (nSPS) is 25.3. The average Bonchev–Trinajstić information content (AvgIpc) is 2.61. The van der Waals surface area contributed by atoms with Crippen molar-refractivity contribution in [3.05, 3.63) is 17.5 Å². The molecule has 3 nitrogen and oxygen atoms in total. The Morgan fingerprint density at radius 3 is 2.93 bits per heavy atom. The largest absolute Gasteiger partial charge is 0.378 e. The fourth-order valence-corrected chi connectivity index (χ4v) is 2.44. The highest BCUT2D eigenvalue weighted by molar-refractivity contribution is 5.23. The predicted octanol–water partition coefficient (Wildman–Crippen LogP) is 2.04. The number of ether oxygens (including phenoxy) is 1. The van der Waals surface area contributed by atoms with E-state index in [1.165, 1.54) is 11.3 Å². The van der Waals surface area contributed by atoms with Gasteiger partial charge in [-0.05, 0) is 31.7 Å². The molecule has 0 aliphatic heterocycles. The molecule has 3 heteroatoms. The minimum atomic E-state index is 0.379. The van der Waals surface area contributed by atoms with Crippen LogP contribution in [0.1, 0.15) is 32.0 Å². The third-order valence-corrected chi connectivity index (χ3v) is 3.29. The van der Waals surface area contributed by atoms with Crippen molar-refractivity contribution in [2.24, 2.45) is 5.92 Å². The molecule has 2 unspecified atom stereocenters. The molecular weight excluding hydrogens is 188 g/mol. The first-order valence-corrected chi connectivity index (χ1v) is 5.91. The molecule has 1 aliphatic rings. The van der Waals surface area contributed by atoms with E-state index in [1.807, 2.05) is 6.20 Å². The topological polar surface area (TPSA) is 27.1 Å². The molecule has 1 aromatic heterocycles. The summed E-state index contributed by atoms with van der Waals surface area (Å²) in [4.78, 5) is 0. The van der Waals surface area contributed by atoms with Crippen LogP contribution in [0.15, 0.2) is 6.20 Å². The van der Waals surface area contributed by atoms with Gasteiger partial charge in [0.25, 0.3) is 0 Å². The summed E-state index contributed by atoms with van der Waals surface area (Å²) in [5, 5.41) is 4.41. The van der Waals surface area contributed by atoms with Gasteiger partial charge in [0, 0.05) is 25.3 Å². The molecule has 0 bridgehead atoms. The molecule has 2 rings (SSSR count). The Kier molecular flexibility index (Phi) is 3.10. The van der Waals surface area contributed by atoms with E-state index in [9.17, 15) is 0 Å². The summed E-state index contributed by atoms with van der Waals surface area (Å²) in [6, 6.07) is 0. The summed E-state index contributed by atoms with van der Waals surface area (Å²) in [5.74, 6) is 0.618. The Hall–Kier alpha value is -0.830. The van der Waals surface area contributed by atoms with Crippen molar-refractivity contribution in [1.82, 2.24) is 9.78 Å². The molecule has 84 valence electrons. The minimum absolute atomic E-state index is 0.379. The molecule has 1 aliphatic carbocycles. The lowest BCUT2D eigenvalue weighted by Crippen LogP contribution is -2.31. The van der Waals surface area contributed by atoms with Gasteiger partial charge in [-0.25, -0.2) is 0 Å². The SMILES string of the molecule is CCOC1Cc2c(cnn2CC)CC1C. The molecule has 1 heterocycles. The number of rotatable bonds is 3. The molecule has 0 saturated carbocycles. The van der Waals surface area contributed by atoms with Crippen molar-refractivity contribution in [3.8, 4) is 0 Å². The second kappa shape index (κ2) is 4.35. The summed E-state index contributed by atoms with van der Waals surface area (Å²) in [5.41, 5.74) is 2.80. The average molecular weight is 208 g/mol. The van der Waals surface area contributed by atoms with Crippen molar-refractivity contribution in [2.45, 2.75) is 46.3 Å². The van der Waals surface area contributed by atoms with Crippen LogP contribution in [0.2, 0.25) is 0 Å². The summed E-state index contributed by atoms with van der Waals surface area (Å²) in [6.45, 7) is 8.25. The molecule has 0 aromatic carbocycles. The van der Waals surface area contributed by atoms with Crippen LogP contribution in [0.25, 0.3) is 0 Å². The van der Waals surface area contributed by atoms with Crippen LogP contribution < -0.4 is 0 Å². The molecule has 0 amide bonds. The van der Waals surface area contributed by atoms with Gasteiger partial charge in [0.05, 0.1) is 12.3 Å². The third kappa shape index (κ3) is 1.93. The van der Waals surface area contributed by atoms with Gasteiger partial charge in [0.1, 0.15) is 0 Å². The number of hydrogen-bond acceptors (Lipinski definition) is 2. The van der Waals surface area contributed by atoms with Crippen LogP contribution in [0.4, 0.5) is 0 Å². The van der Waals surface area contributed by atoms with Crippen LogP contribution in [-0.2, 0) is 24.1 Å². The van der Waals surface area contributed by atoms with Gasteiger partial charge in [-0.3, -0.25) is 4.68 Å². The molecule has 1 aromatic rings. The zero-order valence-electron chi connectivity index (χ0n) is 9.86. The van der Waals surface area contributed by atoms with Gasteiger partial charge in [-0.1, -0.05) is 6.92 Å². The Balaban J connectivity index is 2.21. The molecule has 0 fully saturated rings. The second-order valence-corrected chi connectivity index (χ2v) is 4.31. The van der Waals surface area contributed by atoms with Gasteiger partial charge in [0.15, 0.2) is 0 Å². The smallest absolute Gasteiger partial charge is 0.0659 e. The lowest BCUT2D eigenvalue weighted by Gasteiger charge is -2.29. The van der Waals surface area contributed by atoms with Gasteiger partial charge in [0.2, 0.25) is 0 Å². The Labute approximate surface area is 91.4 Å². The highest BCUT2D eigenvalue weighted by Crippen LogP contribution is 2.27. The number of fused-ring (bicyclic) bond motifs is 1. The van der Waals surface area contributed by atoms with Crippen molar-refractivity contribution in [1.29, 1.82) is 0 Å². The summed E-state index contributed by atoms with van der Waals surface area (Å²) < 4.78 is 7.88. The van der Waals surface area contributed by atoms with E-state index in [0.717, 1.165) is 26.0 Å². The minimum Gasteiger partial charge on any atom is -0.378 e. The number of aryl methyl sites for hydroxylation is 1. The van der Waals surface area contributed by atoms with E-state index in [-0.39, 0.29) is 0 Å². The lowest BCUT2D eigenvalue weighted by molar-refractivity contribution is 0.0193.